The van der Waals surface area contributed by atoms with Gasteiger partial charge in [0.1, 0.15) is 11.9 Å². The Morgan fingerprint density at radius 3 is 2.61 bits per heavy atom. The number of H-pyrrole nitrogens is 1. The minimum Gasteiger partial charge on any atom is -0.486 e. The molecule has 0 fully saturated rings. The van der Waals surface area contributed by atoms with Gasteiger partial charge in [-0.25, -0.2) is 9.59 Å². The summed E-state index contributed by atoms with van der Waals surface area (Å²) in [6.07, 6.45) is -5.66. The molecule has 1 aromatic carbocycles. The summed E-state index contributed by atoms with van der Waals surface area (Å²) in [6, 6.07) is 4.61. The number of ether oxygens (including phenoxy) is 2. The number of amides is 1. The lowest BCUT2D eigenvalue weighted by Crippen LogP contribution is -2.44. The summed E-state index contributed by atoms with van der Waals surface area (Å²) in [5, 5.41) is 9.18. The van der Waals surface area contributed by atoms with Crippen LogP contribution in [0.2, 0.25) is 0 Å². The average molecular weight is 444 g/mol. The molecule has 0 unspecified atom stereocenters. The van der Waals surface area contributed by atoms with E-state index in [4.69, 9.17) is 4.74 Å². The van der Waals surface area contributed by atoms with E-state index in [1.54, 1.807) is 6.07 Å². The summed E-state index contributed by atoms with van der Waals surface area (Å²) in [7, 11) is 0. The van der Waals surface area contributed by atoms with Crippen LogP contribution in [0.5, 0.6) is 5.75 Å². The van der Waals surface area contributed by atoms with E-state index in [0.29, 0.717) is 30.2 Å². The van der Waals surface area contributed by atoms with Gasteiger partial charge in [0.15, 0.2) is 5.82 Å². The highest BCUT2D eigenvalue weighted by molar-refractivity contribution is 5.86. The smallest absolute Gasteiger partial charge is 0.438 e. The van der Waals surface area contributed by atoms with Crippen molar-refractivity contribution < 1.29 is 32.0 Å². The number of anilines is 2. The second-order valence-electron chi connectivity index (χ2n) is 8.39. The number of nitrogens with one attached hydrogen (secondary N) is 3. The van der Waals surface area contributed by atoms with Crippen LogP contribution < -0.4 is 21.1 Å². The van der Waals surface area contributed by atoms with E-state index in [-0.39, 0.29) is 11.8 Å². The van der Waals surface area contributed by atoms with Crippen LogP contribution in [-0.2, 0) is 10.2 Å². The number of fused-ring (bicyclic) bond motifs is 1. The summed E-state index contributed by atoms with van der Waals surface area (Å²) in [5.41, 5.74) is -2.33. The number of alkyl halides is 3. The number of aromatic amines is 1. The zero-order valence-electron chi connectivity index (χ0n) is 17.3. The molecule has 3 N–H and O–H groups in total. The molecule has 2 heterocycles. The minimum absolute atomic E-state index is 0.247. The number of nitrogens with zero attached hydrogens (tertiary/aromatic N) is 1. The van der Waals surface area contributed by atoms with Crippen LogP contribution in [0, 0.1) is 0 Å². The Kier molecular flexibility index (Phi) is 5.68. The Labute approximate surface area is 175 Å². The molecule has 12 heteroatoms. The van der Waals surface area contributed by atoms with E-state index in [2.05, 4.69) is 30.0 Å². The highest BCUT2D eigenvalue weighted by Crippen LogP contribution is 2.36. The van der Waals surface area contributed by atoms with Crippen LogP contribution >= 0.6 is 0 Å². The molecule has 0 bridgehead atoms. The number of rotatable bonds is 5. The molecule has 0 saturated carbocycles. The van der Waals surface area contributed by atoms with Crippen molar-refractivity contribution in [1.82, 2.24) is 10.1 Å². The molecule has 1 aliphatic heterocycles. The minimum atomic E-state index is -4.70. The van der Waals surface area contributed by atoms with Crippen LogP contribution in [0.4, 0.5) is 29.3 Å². The Morgan fingerprint density at radius 2 is 2.00 bits per heavy atom. The molecule has 9 nitrogen and oxygen atoms in total. The maximum Gasteiger partial charge on any atom is 0.438 e. The number of aromatic nitrogens is 2. The summed E-state index contributed by atoms with van der Waals surface area (Å²) < 4.78 is 53.6. The van der Waals surface area contributed by atoms with Crippen LogP contribution in [0.25, 0.3) is 0 Å². The predicted molar refractivity (Wildman–Crippen MR) is 104 cm³/mol. The molecule has 1 atom stereocenters. The van der Waals surface area contributed by atoms with Crippen molar-refractivity contribution in [2.75, 3.05) is 17.2 Å². The number of halogens is 3. The molecular weight excluding hydrogens is 421 g/mol. The summed E-state index contributed by atoms with van der Waals surface area (Å²) in [4.78, 5) is 25.6. The van der Waals surface area contributed by atoms with Crippen LogP contribution in [-0.4, -0.2) is 40.7 Å². The van der Waals surface area contributed by atoms with Crippen LogP contribution in [0.1, 0.15) is 39.9 Å². The maximum absolute atomic E-state index is 12.9. The first kappa shape index (κ1) is 22.5. The second-order valence-corrected chi connectivity index (χ2v) is 8.39. The van der Waals surface area contributed by atoms with Gasteiger partial charge >= 0.3 is 18.0 Å². The first-order valence-corrected chi connectivity index (χ1v) is 9.45. The lowest BCUT2D eigenvalue weighted by molar-refractivity contribution is -0.242. The van der Waals surface area contributed by atoms with Gasteiger partial charge in [-0.1, -0.05) is 19.0 Å². The van der Waals surface area contributed by atoms with E-state index >= 15 is 0 Å². The number of carbonyl (C=O) groups excluding carboxylic acids is 1. The molecule has 0 spiro atoms. The van der Waals surface area contributed by atoms with Gasteiger partial charge < -0.3 is 14.8 Å². The maximum atomic E-state index is 12.9. The fourth-order valence-electron chi connectivity index (χ4n) is 3.03. The third-order valence-electron chi connectivity index (χ3n) is 4.89. The van der Waals surface area contributed by atoms with E-state index in [1.165, 1.54) is 12.1 Å². The van der Waals surface area contributed by atoms with Gasteiger partial charge in [0, 0.05) is 11.1 Å². The molecule has 1 amide bonds. The van der Waals surface area contributed by atoms with Crippen molar-refractivity contribution >= 4 is 17.5 Å². The van der Waals surface area contributed by atoms with Gasteiger partial charge in [0.2, 0.25) is 5.60 Å². The average Bonchev–Trinajstić information content (AvgIpc) is 3.07. The molecule has 31 heavy (non-hydrogen) atoms. The monoisotopic (exact) mass is 444 g/mol. The van der Waals surface area contributed by atoms with E-state index in [1.807, 2.05) is 13.8 Å². The first-order chi connectivity index (χ1) is 14.3. The van der Waals surface area contributed by atoms with E-state index in [9.17, 15) is 22.8 Å². The van der Waals surface area contributed by atoms with Crippen LogP contribution in [0.15, 0.2) is 27.5 Å². The lowest BCUT2D eigenvalue weighted by atomic mass is 9.85. The quantitative estimate of drug-likeness (QED) is 0.642. The Hall–Kier alpha value is -3.18. The van der Waals surface area contributed by atoms with Gasteiger partial charge in [-0.15, -0.1) is 0 Å². The fourth-order valence-corrected chi connectivity index (χ4v) is 3.03. The van der Waals surface area contributed by atoms with Crippen molar-refractivity contribution in [3.63, 3.8) is 0 Å². The number of benzene rings is 1. The summed E-state index contributed by atoms with van der Waals surface area (Å²) >= 11 is 0. The molecule has 0 saturated heterocycles. The van der Waals surface area contributed by atoms with Crippen molar-refractivity contribution in [1.29, 1.82) is 0 Å². The zero-order chi connectivity index (χ0) is 23.0. The predicted octanol–water partition coefficient (Wildman–Crippen LogP) is 3.79. The zero-order valence-corrected chi connectivity index (χ0v) is 17.3. The topological polar surface area (TPSA) is 118 Å². The number of carbonyl (C=O) groups is 1. The normalized spacial score (nSPS) is 16.7. The van der Waals surface area contributed by atoms with Crippen molar-refractivity contribution in [2.45, 2.75) is 57.4 Å². The highest BCUT2D eigenvalue weighted by atomic mass is 19.4. The second kappa shape index (κ2) is 7.82. The highest BCUT2D eigenvalue weighted by Gasteiger charge is 2.51. The van der Waals surface area contributed by atoms with Crippen molar-refractivity contribution in [3.05, 3.63) is 34.6 Å². The van der Waals surface area contributed by atoms with Crippen molar-refractivity contribution in [3.8, 4) is 5.75 Å². The number of hydrogen-bond donors (Lipinski definition) is 3. The van der Waals surface area contributed by atoms with Gasteiger partial charge in [0.25, 0.3) is 0 Å². The Balaban J connectivity index is 1.63. The lowest BCUT2D eigenvalue weighted by Gasteiger charge is -2.32. The molecule has 170 valence electrons. The van der Waals surface area contributed by atoms with Gasteiger partial charge in [0.05, 0.1) is 12.2 Å². The summed E-state index contributed by atoms with van der Waals surface area (Å²) in [6.45, 7) is 5.74. The first-order valence-electron chi connectivity index (χ1n) is 9.45. The summed E-state index contributed by atoms with van der Waals surface area (Å²) in [5.74, 6) is 0.287. The molecule has 0 aliphatic carbocycles. The van der Waals surface area contributed by atoms with Crippen LogP contribution in [0.3, 0.4) is 0 Å². The Bertz CT molecular complexity index is 1010. The van der Waals surface area contributed by atoms with Crippen molar-refractivity contribution in [2.24, 2.45) is 0 Å². The third kappa shape index (κ3) is 5.12. The third-order valence-corrected chi connectivity index (χ3v) is 4.89. The molecular formula is C19H23F3N4O5. The van der Waals surface area contributed by atoms with Gasteiger partial charge in [-0.2, -0.15) is 13.2 Å². The largest absolute Gasteiger partial charge is 0.486 e. The molecule has 2 aromatic rings. The van der Waals surface area contributed by atoms with E-state index in [0.717, 1.165) is 13.8 Å². The standard InChI is InChI=1S/C19H23F3N4O5/c1-17(2,14-25-16(28)31-26-14)8-11-9-23-12-7-10(5-6-13(12)29-11)24-15(27)30-18(3,4)19(20,21)22/h5-7,11,23H,8-9H2,1-4H3,(H,24,27)(H,25,26,28)/t11-/m0/s1. The molecule has 1 aliphatic rings. The number of hydrogen-bond acceptors (Lipinski definition) is 7. The molecule has 3 rings (SSSR count). The SMILES string of the molecule is CC(C)(C[C@H]1CNc2cc(NC(=O)OC(C)(C)C(F)(F)F)ccc2O1)c1noc(=O)[nH]1. The Morgan fingerprint density at radius 1 is 1.29 bits per heavy atom. The molecule has 1 aromatic heterocycles. The molecule has 0 radical (unpaired) electrons. The van der Waals surface area contributed by atoms with Gasteiger partial charge in [-0.3, -0.25) is 14.8 Å². The van der Waals surface area contributed by atoms with E-state index < -0.39 is 29.0 Å². The van der Waals surface area contributed by atoms with Gasteiger partial charge in [-0.05, 0) is 38.5 Å². The fraction of sp³-hybridized carbons (Fsp3) is 0.526.